The largest absolute Gasteiger partial charge is 0.336 e. The average molecular weight is 350 g/mol. The number of hydrogen-bond donors (Lipinski definition) is 1. The molecule has 0 aliphatic rings. The topological polar surface area (TPSA) is 64.4 Å². The number of hydrogen-bond acceptors (Lipinski definition) is 6. The molecule has 0 aliphatic carbocycles. The van der Waals surface area contributed by atoms with E-state index in [4.69, 9.17) is 13.6 Å². The molecular formula is C18H26N2O3S. The molecule has 132 valence electrons. The van der Waals surface area contributed by atoms with Crippen molar-refractivity contribution in [2.75, 3.05) is 12.1 Å². The minimum absolute atomic E-state index is 0.585. The molecule has 6 heteroatoms. The van der Waals surface area contributed by atoms with E-state index in [9.17, 15) is 0 Å². The van der Waals surface area contributed by atoms with Gasteiger partial charge in [0, 0.05) is 5.56 Å². The van der Waals surface area contributed by atoms with E-state index in [1.54, 1.807) is 0 Å². The maximum Gasteiger partial charge on any atom is 0.251 e. The maximum atomic E-state index is 7.83. The molecule has 1 N–H and O–H groups in total. The third kappa shape index (κ3) is 4.19. The van der Waals surface area contributed by atoms with Crippen molar-refractivity contribution in [1.29, 1.82) is 0 Å². The van der Waals surface area contributed by atoms with Crippen LogP contribution in [0.3, 0.4) is 0 Å². The Morgan fingerprint density at radius 2 is 1.38 bits per heavy atom. The predicted molar refractivity (Wildman–Crippen MR) is 97.5 cm³/mol. The van der Waals surface area contributed by atoms with Gasteiger partial charge in [-0.1, -0.05) is 5.16 Å². The van der Waals surface area contributed by atoms with Gasteiger partial charge in [-0.2, -0.15) is 4.21 Å². The van der Waals surface area contributed by atoms with Crippen LogP contribution >= 0.6 is 0 Å². The Balaban J connectivity index is 0.00000139. The quantitative estimate of drug-likeness (QED) is 0.647. The molecule has 2 rings (SSSR count). The van der Waals surface area contributed by atoms with Crippen LogP contribution in [0.15, 0.2) is 4.52 Å². The van der Waals surface area contributed by atoms with Gasteiger partial charge in [-0.05, 0) is 88.3 Å². The third-order valence-electron chi connectivity index (χ3n) is 4.93. The number of aryl methyl sites for hydroxylation is 1. The molecule has 0 unspecified atom stereocenters. The van der Waals surface area contributed by atoms with Gasteiger partial charge in [-0.15, -0.1) is 0 Å². The van der Waals surface area contributed by atoms with E-state index in [1.807, 2.05) is 13.8 Å². The highest BCUT2D eigenvalue weighted by atomic mass is 32.1. The fourth-order valence-corrected chi connectivity index (χ4v) is 2.73. The van der Waals surface area contributed by atoms with Crippen molar-refractivity contribution in [3.05, 3.63) is 44.6 Å². The molecule has 0 fully saturated rings. The Bertz CT molecular complexity index is 682. The van der Waals surface area contributed by atoms with Crippen LogP contribution in [-0.2, 0) is 23.8 Å². The molecule has 1 heterocycles. The maximum absolute atomic E-state index is 7.83. The summed E-state index contributed by atoms with van der Waals surface area (Å²) in [7, 11) is 0. The molecule has 1 aromatic carbocycles. The van der Waals surface area contributed by atoms with Gasteiger partial charge in [0.15, 0.2) is 12.5 Å². The first kappa shape index (κ1) is 20.3. The molecule has 0 radical (unpaired) electrons. The van der Waals surface area contributed by atoms with Crippen LogP contribution in [0.4, 0.5) is 5.88 Å². The summed E-state index contributed by atoms with van der Waals surface area (Å²) in [6.45, 7) is 15.4. The van der Waals surface area contributed by atoms with Gasteiger partial charge in [0.1, 0.15) is 0 Å². The minimum Gasteiger partial charge on any atom is -0.336 e. The Morgan fingerprint density at radius 1 is 0.875 bits per heavy atom. The van der Waals surface area contributed by atoms with E-state index in [2.05, 4.69) is 57.8 Å². The summed E-state index contributed by atoms with van der Waals surface area (Å²) in [5.41, 5.74) is 13.0. The first-order valence-electron chi connectivity index (χ1n) is 7.87. The van der Waals surface area contributed by atoms with Gasteiger partial charge in [0.2, 0.25) is 0 Å². The monoisotopic (exact) mass is 350 g/mol. The summed E-state index contributed by atoms with van der Waals surface area (Å²) in [4.78, 5) is 5.55. The average Bonchev–Trinajstić information content (AvgIpc) is 2.91. The fraction of sp³-hybridized carbons (Fsp3) is 0.500. The lowest BCUT2D eigenvalue weighted by molar-refractivity contribution is 0.184. The number of anilines is 1. The first-order chi connectivity index (χ1) is 11.3. The van der Waals surface area contributed by atoms with Crippen LogP contribution in [0.2, 0.25) is 0 Å². The van der Waals surface area contributed by atoms with E-state index >= 15 is 0 Å². The van der Waals surface area contributed by atoms with E-state index in [-0.39, 0.29) is 0 Å². The lowest BCUT2D eigenvalue weighted by Crippen LogP contribution is -2.09. The van der Waals surface area contributed by atoms with E-state index in [0.29, 0.717) is 12.5 Å². The smallest absolute Gasteiger partial charge is 0.251 e. The van der Waals surface area contributed by atoms with Gasteiger partial charge in [-0.3, -0.25) is 4.84 Å². The van der Waals surface area contributed by atoms with Gasteiger partial charge in [-0.25, -0.2) is 5.48 Å². The Hall–Kier alpha value is -1.79. The number of rotatable bonds is 5. The van der Waals surface area contributed by atoms with Crippen molar-refractivity contribution in [2.45, 2.75) is 54.9 Å². The summed E-state index contributed by atoms with van der Waals surface area (Å²) in [5.74, 6) is 0.585. The Labute approximate surface area is 149 Å². The second-order valence-electron chi connectivity index (χ2n) is 6.03. The summed E-state index contributed by atoms with van der Waals surface area (Å²) in [6, 6.07) is 0. The van der Waals surface area contributed by atoms with Crippen molar-refractivity contribution in [1.82, 2.24) is 5.16 Å². The van der Waals surface area contributed by atoms with Crippen LogP contribution in [0.1, 0.15) is 44.6 Å². The number of aromatic nitrogens is 1. The molecule has 0 aliphatic heterocycles. The molecule has 24 heavy (non-hydrogen) atoms. The molecule has 0 saturated carbocycles. The molecule has 0 atom stereocenters. The first-order valence-corrected chi connectivity index (χ1v) is 8.21. The van der Waals surface area contributed by atoms with Gasteiger partial charge in [0.05, 0.1) is 12.3 Å². The molecular weight excluding hydrogens is 324 g/mol. The molecule has 0 saturated heterocycles. The van der Waals surface area contributed by atoms with Crippen molar-refractivity contribution in [2.24, 2.45) is 0 Å². The van der Waals surface area contributed by atoms with E-state index in [1.165, 1.54) is 33.4 Å². The fourth-order valence-electron chi connectivity index (χ4n) is 2.73. The summed E-state index contributed by atoms with van der Waals surface area (Å²) in [6.07, 6.45) is 0.874. The highest BCUT2D eigenvalue weighted by Gasteiger charge is 2.12. The van der Waals surface area contributed by atoms with E-state index in [0.717, 1.165) is 17.7 Å². The van der Waals surface area contributed by atoms with Crippen LogP contribution in [0.25, 0.3) is 0 Å². The highest BCUT2D eigenvalue weighted by Crippen LogP contribution is 2.26. The molecule has 5 nitrogen and oxygen atoms in total. The van der Waals surface area contributed by atoms with Gasteiger partial charge in [0.25, 0.3) is 5.88 Å². The van der Waals surface area contributed by atoms with Crippen molar-refractivity contribution in [3.8, 4) is 0 Å². The zero-order valence-corrected chi connectivity index (χ0v) is 16.3. The molecule has 0 spiro atoms. The van der Waals surface area contributed by atoms with Gasteiger partial charge < -0.3 is 4.52 Å². The third-order valence-corrected chi connectivity index (χ3v) is 4.93. The Kier molecular flexibility index (Phi) is 7.51. The second-order valence-corrected chi connectivity index (χ2v) is 6.03. The second kappa shape index (κ2) is 8.89. The van der Waals surface area contributed by atoms with Crippen LogP contribution in [-0.4, -0.2) is 16.0 Å². The SMILES string of the molecule is Cc1noc(NOCCc2c(C)c(C)c(C)c(C)c2C)c1C.O=S. The van der Waals surface area contributed by atoms with Gasteiger partial charge >= 0.3 is 0 Å². The summed E-state index contributed by atoms with van der Waals surface area (Å²) >= 11 is 2.83. The standard InChI is InChI=1S/C18H26N2O2.OS/c1-10-11(2)13(4)17(14(5)12(10)3)8-9-21-20-18-15(6)16(7)19-22-18;1-2/h20H,8-9H2,1-7H3;. The predicted octanol–water partition coefficient (Wildman–Crippen LogP) is 4.08. The molecule has 2 aromatic rings. The van der Waals surface area contributed by atoms with Crippen LogP contribution in [0.5, 0.6) is 0 Å². The zero-order chi connectivity index (χ0) is 18.4. The van der Waals surface area contributed by atoms with E-state index < -0.39 is 0 Å². The van der Waals surface area contributed by atoms with Crippen molar-refractivity contribution >= 4 is 18.4 Å². The Morgan fingerprint density at radius 3 is 1.83 bits per heavy atom. The lowest BCUT2D eigenvalue weighted by Gasteiger charge is -2.18. The molecule has 1 aromatic heterocycles. The lowest BCUT2D eigenvalue weighted by atomic mass is 9.88. The highest BCUT2D eigenvalue weighted by molar-refractivity contribution is 7.44. The zero-order valence-electron chi connectivity index (χ0n) is 15.5. The van der Waals surface area contributed by atoms with Crippen LogP contribution in [0, 0.1) is 48.5 Å². The summed E-state index contributed by atoms with van der Waals surface area (Å²) in [5, 5.41) is 3.90. The molecule has 0 bridgehead atoms. The minimum atomic E-state index is 0.585. The summed E-state index contributed by atoms with van der Waals surface area (Å²) < 4.78 is 13.0. The van der Waals surface area contributed by atoms with Crippen molar-refractivity contribution < 1.29 is 13.6 Å². The van der Waals surface area contributed by atoms with Crippen molar-refractivity contribution in [3.63, 3.8) is 0 Å². The normalized spacial score (nSPS) is 10.3. The number of benzene rings is 1. The number of nitrogens with zero attached hydrogens (tertiary/aromatic N) is 1. The van der Waals surface area contributed by atoms with Crippen LogP contribution < -0.4 is 5.48 Å². The molecule has 0 amide bonds. The number of nitrogens with one attached hydrogen (secondary N) is 1.